The zero-order chi connectivity index (χ0) is 10.7. The normalized spacial score (nSPS) is 12.9. The lowest BCUT2D eigenvalue weighted by Gasteiger charge is -2.09. The Kier molecular flexibility index (Phi) is 3.13. The Balaban J connectivity index is 1.90. The van der Waals surface area contributed by atoms with Gasteiger partial charge in [0.25, 0.3) is 0 Å². The van der Waals surface area contributed by atoms with Gasteiger partial charge in [0.05, 0.1) is 6.54 Å². The summed E-state index contributed by atoms with van der Waals surface area (Å²) in [5, 5.41) is 7.08. The highest BCUT2D eigenvalue weighted by Gasteiger charge is 2.08. The van der Waals surface area contributed by atoms with Crippen LogP contribution in [0.1, 0.15) is 28.5 Å². The van der Waals surface area contributed by atoms with Gasteiger partial charge in [-0.3, -0.25) is 0 Å². The summed E-state index contributed by atoms with van der Waals surface area (Å²) in [5.41, 5.74) is 0. The van der Waals surface area contributed by atoms with Gasteiger partial charge in [0.2, 0.25) is 6.39 Å². The fraction of sp³-hybridized carbons (Fsp3) is 0.400. The fourth-order valence-corrected chi connectivity index (χ4v) is 2.21. The molecule has 0 spiro atoms. The molecular formula is C10H13N3OS. The van der Waals surface area contributed by atoms with Crippen LogP contribution in [0.3, 0.4) is 0 Å². The second kappa shape index (κ2) is 4.55. The van der Waals surface area contributed by atoms with E-state index >= 15 is 0 Å². The maximum absolute atomic E-state index is 4.66. The number of hydrogen-bond acceptors (Lipinski definition) is 5. The Hall–Kier alpha value is -1.20. The van der Waals surface area contributed by atoms with E-state index < -0.39 is 0 Å². The molecular weight excluding hydrogens is 210 g/mol. The van der Waals surface area contributed by atoms with E-state index in [0.717, 1.165) is 0 Å². The van der Waals surface area contributed by atoms with E-state index in [-0.39, 0.29) is 0 Å². The van der Waals surface area contributed by atoms with Crippen LogP contribution >= 0.6 is 11.3 Å². The van der Waals surface area contributed by atoms with Crippen molar-refractivity contribution in [2.45, 2.75) is 26.4 Å². The summed E-state index contributed by atoms with van der Waals surface area (Å²) >= 11 is 1.81. The fourth-order valence-electron chi connectivity index (χ4n) is 1.30. The van der Waals surface area contributed by atoms with Crippen LogP contribution in [0.5, 0.6) is 0 Å². The maximum Gasteiger partial charge on any atom is 0.213 e. The monoisotopic (exact) mass is 223 g/mol. The number of aryl methyl sites for hydroxylation is 1. The first-order chi connectivity index (χ1) is 7.25. The first-order valence-corrected chi connectivity index (χ1v) is 5.62. The number of rotatable bonds is 4. The van der Waals surface area contributed by atoms with Crippen molar-refractivity contribution in [1.29, 1.82) is 0 Å². The molecule has 0 saturated carbocycles. The SMILES string of the molecule is Cc1ccc(C(C)NCc2ncon2)s1. The van der Waals surface area contributed by atoms with Crippen LogP contribution in [-0.2, 0) is 6.54 Å². The number of nitrogens with one attached hydrogen (secondary N) is 1. The van der Waals surface area contributed by atoms with Crippen molar-refractivity contribution < 1.29 is 4.52 Å². The molecule has 0 aliphatic rings. The molecule has 1 N–H and O–H groups in total. The van der Waals surface area contributed by atoms with Gasteiger partial charge in [-0.1, -0.05) is 5.16 Å². The van der Waals surface area contributed by atoms with E-state index in [1.807, 2.05) is 0 Å². The summed E-state index contributed by atoms with van der Waals surface area (Å²) in [4.78, 5) is 6.61. The molecule has 2 aromatic heterocycles. The Morgan fingerprint density at radius 1 is 1.53 bits per heavy atom. The molecule has 0 amide bonds. The predicted octanol–water partition coefficient (Wildman–Crippen LogP) is 2.29. The third-order valence-corrected chi connectivity index (χ3v) is 3.34. The lowest BCUT2D eigenvalue weighted by atomic mass is 10.3. The highest BCUT2D eigenvalue weighted by atomic mass is 32.1. The number of hydrogen-bond donors (Lipinski definition) is 1. The smallest absolute Gasteiger partial charge is 0.213 e. The molecule has 2 aromatic rings. The van der Waals surface area contributed by atoms with Crippen LogP contribution in [0.15, 0.2) is 23.0 Å². The highest BCUT2D eigenvalue weighted by molar-refractivity contribution is 7.12. The Morgan fingerprint density at radius 3 is 3.00 bits per heavy atom. The molecule has 2 rings (SSSR count). The van der Waals surface area contributed by atoms with Crippen molar-refractivity contribution in [2.75, 3.05) is 0 Å². The zero-order valence-corrected chi connectivity index (χ0v) is 9.54. The quantitative estimate of drug-likeness (QED) is 0.864. The highest BCUT2D eigenvalue weighted by Crippen LogP contribution is 2.22. The molecule has 0 aromatic carbocycles. The van der Waals surface area contributed by atoms with Gasteiger partial charge in [-0.05, 0) is 26.0 Å². The van der Waals surface area contributed by atoms with E-state index in [4.69, 9.17) is 0 Å². The second-order valence-corrected chi connectivity index (χ2v) is 4.72. The number of nitrogens with zero attached hydrogens (tertiary/aromatic N) is 2. The second-order valence-electron chi connectivity index (χ2n) is 3.40. The van der Waals surface area contributed by atoms with Gasteiger partial charge in [0.1, 0.15) is 0 Å². The van der Waals surface area contributed by atoms with E-state index in [2.05, 4.69) is 46.0 Å². The Labute approximate surface area is 92.3 Å². The van der Waals surface area contributed by atoms with Crippen LogP contribution in [0.25, 0.3) is 0 Å². The summed E-state index contributed by atoms with van der Waals surface area (Å²) in [6.45, 7) is 4.88. The van der Waals surface area contributed by atoms with Gasteiger partial charge in [-0.2, -0.15) is 4.98 Å². The molecule has 80 valence electrons. The minimum Gasteiger partial charge on any atom is -0.343 e. The summed E-state index contributed by atoms with van der Waals surface area (Å²) < 4.78 is 4.66. The van der Waals surface area contributed by atoms with E-state index in [9.17, 15) is 0 Å². The average molecular weight is 223 g/mol. The molecule has 0 fully saturated rings. The molecule has 2 heterocycles. The van der Waals surface area contributed by atoms with Crippen molar-refractivity contribution in [2.24, 2.45) is 0 Å². The van der Waals surface area contributed by atoms with Crippen molar-refractivity contribution in [3.05, 3.63) is 34.1 Å². The molecule has 15 heavy (non-hydrogen) atoms. The minimum atomic E-state index is 0.321. The van der Waals surface area contributed by atoms with Gasteiger partial charge in [0, 0.05) is 15.8 Å². The molecule has 1 atom stereocenters. The van der Waals surface area contributed by atoms with Gasteiger partial charge in [0.15, 0.2) is 5.82 Å². The summed E-state index contributed by atoms with van der Waals surface area (Å²) in [6.07, 6.45) is 1.34. The molecule has 1 unspecified atom stereocenters. The zero-order valence-electron chi connectivity index (χ0n) is 8.73. The van der Waals surface area contributed by atoms with E-state index in [1.165, 1.54) is 16.1 Å². The molecule has 0 bridgehead atoms. The molecule has 4 nitrogen and oxygen atoms in total. The van der Waals surface area contributed by atoms with Crippen molar-refractivity contribution >= 4 is 11.3 Å². The standard InChI is InChI=1S/C10H13N3OS/c1-7-3-4-9(15-7)8(2)11-5-10-12-6-14-13-10/h3-4,6,8,11H,5H2,1-2H3. The van der Waals surface area contributed by atoms with Crippen molar-refractivity contribution in [3.63, 3.8) is 0 Å². The summed E-state index contributed by atoms with van der Waals surface area (Å²) in [6, 6.07) is 4.60. The third kappa shape index (κ3) is 2.64. The lowest BCUT2D eigenvalue weighted by Crippen LogP contribution is -2.17. The summed E-state index contributed by atoms with van der Waals surface area (Å²) in [7, 11) is 0. The average Bonchev–Trinajstić information content (AvgIpc) is 2.84. The van der Waals surface area contributed by atoms with E-state index in [1.54, 1.807) is 11.3 Å². The topological polar surface area (TPSA) is 51.0 Å². The molecule has 0 aliphatic carbocycles. The lowest BCUT2D eigenvalue weighted by molar-refractivity contribution is 0.405. The summed E-state index contributed by atoms with van der Waals surface area (Å²) in [5.74, 6) is 0.690. The van der Waals surface area contributed by atoms with Crippen LogP contribution in [0, 0.1) is 6.92 Å². The Bertz CT molecular complexity index is 410. The van der Waals surface area contributed by atoms with Crippen molar-refractivity contribution in [1.82, 2.24) is 15.5 Å². The van der Waals surface area contributed by atoms with Crippen LogP contribution in [0.2, 0.25) is 0 Å². The van der Waals surface area contributed by atoms with Crippen LogP contribution < -0.4 is 5.32 Å². The van der Waals surface area contributed by atoms with Crippen LogP contribution in [-0.4, -0.2) is 10.1 Å². The first-order valence-electron chi connectivity index (χ1n) is 4.80. The van der Waals surface area contributed by atoms with Crippen molar-refractivity contribution in [3.8, 4) is 0 Å². The van der Waals surface area contributed by atoms with Gasteiger partial charge in [-0.15, -0.1) is 11.3 Å². The van der Waals surface area contributed by atoms with Gasteiger partial charge >= 0.3 is 0 Å². The van der Waals surface area contributed by atoms with Gasteiger partial charge < -0.3 is 9.84 Å². The number of thiophene rings is 1. The molecule has 0 radical (unpaired) electrons. The molecule has 5 heteroatoms. The molecule has 0 saturated heterocycles. The van der Waals surface area contributed by atoms with Crippen LogP contribution in [0.4, 0.5) is 0 Å². The predicted molar refractivity (Wildman–Crippen MR) is 58.6 cm³/mol. The Morgan fingerprint density at radius 2 is 2.40 bits per heavy atom. The first kappa shape index (κ1) is 10.3. The van der Waals surface area contributed by atoms with Gasteiger partial charge in [-0.25, -0.2) is 0 Å². The maximum atomic E-state index is 4.66. The largest absolute Gasteiger partial charge is 0.343 e. The van der Waals surface area contributed by atoms with E-state index in [0.29, 0.717) is 18.4 Å². The third-order valence-electron chi connectivity index (χ3n) is 2.16. The minimum absolute atomic E-state index is 0.321. The number of aromatic nitrogens is 2. The molecule has 0 aliphatic heterocycles.